The van der Waals surface area contributed by atoms with Crippen LogP contribution in [0.5, 0.6) is 0 Å². The van der Waals surface area contributed by atoms with Gasteiger partial charge in [-0.15, -0.1) is 0 Å². The van der Waals surface area contributed by atoms with Crippen molar-refractivity contribution < 1.29 is 5.11 Å². The first-order valence-corrected chi connectivity index (χ1v) is 6.04. The van der Waals surface area contributed by atoms with Crippen molar-refractivity contribution in [2.24, 2.45) is 5.41 Å². The van der Waals surface area contributed by atoms with E-state index in [9.17, 15) is 5.11 Å². The van der Waals surface area contributed by atoms with Gasteiger partial charge in [0.15, 0.2) is 0 Å². The van der Waals surface area contributed by atoms with Crippen molar-refractivity contribution in [1.29, 1.82) is 0 Å². The van der Waals surface area contributed by atoms with Crippen molar-refractivity contribution >= 4 is 0 Å². The summed E-state index contributed by atoms with van der Waals surface area (Å²) in [5.41, 5.74) is 4.30. The number of nitrogens with one attached hydrogen (secondary N) is 1. The van der Waals surface area contributed by atoms with Crippen molar-refractivity contribution in [3.05, 3.63) is 34.9 Å². The minimum atomic E-state index is 0.206. The molecule has 0 spiro atoms. The molecule has 0 aromatic heterocycles. The van der Waals surface area contributed by atoms with E-state index >= 15 is 0 Å². The summed E-state index contributed by atoms with van der Waals surface area (Å²) in [6, 6.07) is 6.43. The second kappa shape index (κ2) is 4.56. The lowest BCUT2D eigenvalue weighted by atomic mass is 10.0. The number of aliphatic hydroxyl groups is 1. The first-order valence-electron chi connectivity index (χ1n) is 6.04. The highest BCUT2D eigenvalue weighted by atomic mass is 16.3. The molecule has 0 amide bonds. The molecule has 0 aliphatic heterocycles. The first kappa shape index (κ1) is 11.6. The van der Waals surface area contributed by atoms with Gasteiger partial charge in [0.05, 0.1) is 0 Å². The van der Waals surface area contributed by atoms with Gasteiger partial charge in [-0.25, -0.2) is 0 Å². The summed E-state index contributed by atoms with van der Waals surface area (Å²) in [6.07, 6.45) is 2.34. The van der Waals surface area contributed by atoms with E-state index in [2.05, 4.69) is 37.4 Å². The maximum atomic E-state index is 9.21. The molecule has 16 heavy (non-hydrogen) atoms. The second-order valence-electron chi connectivity index (χ2n) is 5.12. The highest BCUT2D eigenvalue weighted by Crippen LogP contribution is 2.44. The molecule has 1 aliphatic carbocycles. The summed E-state index contributed by atoms with van der Waals surface area (Å²) >= 11 is 0. The van der Waals surface area contributed by atoms with Crippen LogP contribution in [-0.4, -0.2) is 18.3 Å². The summed E-state index contributed by atoms with van der Waals surface area (Å²) in [6.45, 7) is 6.50. The minimum Gasteiger partial charge on any atom is -0.396 e. The van der Waals surface area contributed by atoms with Crippen LogP contribution in [-0.2, 0) is 6.54 Å². The van der Waals surface area contributed by atoms with Gasteiger partial charge in [0.2, 0.25) is 0 Å². The third-order valence-electron chi connectivity index (χ3n) is 3.82. The van der Waals surface area contributed by atoms with Crippen LogP contribution in [0.25, 0.3) is 0 Å². The Bertz CT molecular complexity index is 369. The third kappa shape index (κ3) is 2.45. The van der Waals surface area contributed by atoms with Crippen LogP contribution in [0.1, 0.15) is 29.5 Å². The van der Waals surface area contributed by atoms with Crippen LogP contribution in [0.15, 0.2) is 18.2 Å². The van der Waals surface area contributed by atoms with E-state index in [-0.39, 0.29) is 5.41 Å². The Balaban J connectivity index is 1.88. The van der Waals surface area contributed by atoms with Crippen molar-refractivity contribution in [3.63, 3.8) is 0 Å². The standard InChI is InChI=1S/C14H21NO/c1-11-4-3-5-13(12(11)2)8-15-9-14(10-16)6-7-14/h3-5,15-16H,6-10H2,1-2H3. The SMILES string of the molecule is Cc1cccc(CNCC2(CO)CC2)c1C. The molecule has 1 aliphatic rings. The van der Waals surface area contributed by atoms with E-state index in [1.54, 1.807) is 0 Å². The van der Waals surface area contributed by atoms with Gasteiger partial charge < -0.3 is 10.4 Å². The molecule has 2 heteroatoms. The van der Waals surface area contributed by atoms with E-state index in [1.807, 2.05) is 0 Å². The first-order chi connectivity index (χ1) is 7.67. The number of aliphatic hydroxyl groups excluding tert-OH is 1. The van der Waals surface area contributed by atoms with E-state index in [0.717, 1.165) is 13.1 Å². The Labute approximate surface area is 97.7 Å². The quantitative estimate of drug-likeness (QED) is 0.795. The molecule has 1 aromatic carbocycles. The molecule has 88 valence electrons. The molecule has 1 aromatic rings. The molecule has 2 rings (SSSR count). The lowest BCUT2D eigenvalue weighted by Crippen LogP contribution is -2.26. The molecule has 1 fully saturated rings. The number of hydrogen-bond donors (Lipinski definition) is 2. The van der Waals surface area contributed by atoms with Crippen LogP contribution < -0.4 is 5.32 Å². The van der Waals surface area contributed by atoms with Gasteiger partial charge in [-0.2, -0.15) is 0 Å². The van der Waals surface area contributed by atoms with Crippen LogP contribution in [0, 0.1) is 19.3 Å². The number of aryl methyl sites for hydroxylation is 1. The van der Waals surface area contributed by atoms with Gasteiger partial charge in [0, 0.05) is 25.1 Å². The number of hydrogen-bond acceptors (Lipinski definition) is 2. The molecular weight excluding hydrogens is 198 g/mol. The molecule has 1 saturated carbocycles. The molecule has 0 atom stereocenters. The van der Waals surface area contributed by atoms with Gasteiger partial charge in [-0.1, -0.05) is 18.2 Å². The zero-order valence-electron chi connectivity index (χ0n) is 10.2. The number of benzene rings is 1. The van der Waals surface area contributed by atoms with Gasteiger partial charge in [-0.05, 0) is 43.4 Å². The van der Waals surface area contributed by atoms with Crippen LogP contribution in [0.4, 0.5) is 0 Å². The lowest BCUT2D eigenvalue weighted by molar-refractivity contribution is 0.207. The van der Waals surface area contributed by atoms with E-state index < -0.39 is 0 Å². The van der Waals surface area contributed by atoms with Crippen molar-refractivity contribution in [2.75, 3.05) is 13.2 Å². The Morgan fingerprint density at radius 3 is 2.69 bits per heavy atom. The van der Waals surface area contributed by atoms with Crippen molar-refractivity contribution in [2.45, 2.75) is 33.2 Å². The van der Waals surface area contributed by atoms with E-state index in [0.29, 0.717) is 6.61 Å². The second-order valence-corrected chi connectivity index (χ2v) is 5.12. The summed E-state index contributed by atoms with van der Waals surface area (Å²) in [5.74, 6) is 0. The maximum absolute atomic E-state index is 9.21. The fourth-order valence-corrected chi connectivity index (χ4v) is 2.03. The molecular formula is C14H21NO. The zero-order chi connectivity index (χ0) is 11.6. The zero-order valence-corrected chi connectivity index (χ0v) is 10.2. The average Bonchev–Trinajstić information content (AvgIpc) is 3.05. The van der Waals surface area contributed by atoms with Gasteiger partial charge in [0.1, 0.15) is 0 Å². The average molecular weight is 219 g/mol. The van der Waals surface area contributed by atoms with Crippen molar-refractivity contribution in [3.8, 4) is 0 Å². The van der Waals surface area contributed by atoms with Gasteiger partial charge in [-0.3, -0.25) is 0 Å². The Hall–Kier alpha value is -0.860. The highest BCUT2D eigenvalue weighted by molar-refractivity contribution is 5.32. The monoisotopic (exact) mass is 219 g/mol. The maximum Gasteiger partial charge on any atom is 0.0499 e. The molecule has 0 radical (unpaired) electrons. The van der Waals surface area contributed by atoms with Crippen molar-refractivity contribution in [1.82, 2.24) is 5.32 Å². The normalized spacial score (nSPS) is 17.4. The predicted molar refractivity (Wildman–Crippen MR) is 66.4 cm³/mol. The summed E-state index contributed by atoms with van der Waals surface area (Å²) in [5, 5.41) is 12.7. The Kier molecular flexibility index (Phi) is 3.31. The molecule has 0 bridgehead atoms. The number of rotatable bonds is 5. The fourth-order valence-electron chi connectivity index (χ4n) is 2.03. The summed E-state index contributed by atoms with van der Waals surface area (Å²) < 4.78 is 0. The topological polar surface area (TPSA) is 32.3 Å². The van der Waals surface area contributed by atoms with E-state index in [1.165, 1.54) is 29.5 Å². The molecule has 2 nitrogen and oxygen atoms in total. The van der Waals surface area contributed by atoms with Gasteiger partial charge >= 0.3 is 0 Å². The minimum absolute atomic E-state index is 0.206. The molecule has 0 heterocycles. The summed E-state index contributed by atoms with van der Waals surface area (Å²) in [4.78, 5) is 0. The lowest BCUT2D eigenvalue weighted by Gasteiger charge is -2.14. The molecule has 0 unspecified atom stereocenters. The smallest absolute Gasteiger partial charge is 0.0499 e. The summed E-state index contributed by atoms with van der Waals surface area (Å²) in [7, 11) is 0. The Morgan fingerprint density at radius 2 is 2.06 bits per heavy atom. The van der Waals surface area contributed by atoms with Gasteiger partial charge in [0.25, 0.3) is 0 Å². The van der Waals surface area contributed by atoms with E-state index in [4.69, 9.17) is 0 Å². The molecule has 2 N–H and O–H groups in total. The molecule has 0 saturated heterocycles. The fraction of sp³-hybridized carbons (Fsp3) is 0.571. The van der Waals surface area contributed by atoms with Crippen LogP contribution in [0.3, 0.4) is 0 Å². The third-order valence-corrected chi connectivity index (χ3v) is 3.82. The largest absolute Gasteiger partial charge is 0.396 e. The Morgan fingerprint density at radius 1 is 1.31 bits per heavy atom. The predicted octanol–water partition coefficient (Wildman–Crippen LogP) is 2.17. The highest BCUT2D eigenvalue weighted by Gasteiger charge is 2.41. The van der Waals surface area contributed by atoms with Crippen LogP contribution >= 0.6 is 0 Å². The van der Waals surface area contributed by atoms with Crippen LogP contribution in [0.2, 0.25) is 0 Å².